The highest BCUT2D eigenvalue weighted by Crippen LogP contribution is 2.29. The van der Waals surface area contributed by atoms with Gasteiger partial charge in [-0.3, -0.25) is 4.79 Å². The lowest BCUT2D eigenvalue weighted by Gasteiger charge is -2.15. The molecule has 100 valence electrons. The van der Waals surface area contributed by atoms with Crippen LogP contribution in [0, 0.1) is 12.8 Å². The molecule has 0 heterocycles. The van der Waals surface area contributed by atoms with Crippen molar-refractivity contribution in [2.45, 2.75) is 46.5 Å². The van der Waals surface area contributed by atoms with Gasteiger partial charge in [0, 0.05) is 10.9 Å². The van der Waals surface area contributed by atoms with Crippen molar-refractivity contribution >= 4 is 17.4 Å². The molecule has 0 fully saturated rings. The monoisotopic (exact) mass is 268 g/mol. The average molecular weight is 269 g/mol. The van der Waals surface area contributed by atoms with Gasteiger partial charge >= 0.3 is 0 Å². The number of rotatable bonds is 6. The van der Waals surface area contributed by atoms with Crippen LogP contribution in [-0.2, 0) is 0 Å². The predicted octanol–water partition coefficient (Wildman–Crippen LogP) is 4.75. The first-order chi connectivity index (χ1) is 8.51. The Hall–Kier alpha value is -1.02. The van der Waals surface area contributed by atoms with Crippen LogP contribution in [-0.4, -0.2) is 10.9 Å². The van der Waals surface area contributed by atoms with Crippen molar-refractivity contribution in [1.29, 1.82) is 0 Å². The van der Waals surface area contributed by atoms with Crippen LogP contribution in [0.25, 0.3) is 0 Å². The van der Waals surface area contributed by atoms with E-state index in [2.05, 4.69) is 6.92 Å². The maximum absolute atomic E-state index is 12.3. The molecular formula is C15H21ClO2. The zero-order chi connectivity index (χ0) is 13.7. The molecule has 0 aliphatic carbocycles. The first-order valence-electron chi connectivity index (χ1n) is 6.54. The third-order valence-electron chi connectivity index (χ3n) is 3.31. The number of phenolic OH excluding ortho intramolecular Hbond substituents is 1. The number of carbonyl (C=O) groups excluding carboxylic acids is 1. The lowest BCUT2D eigenvalue weighted by atomic mass is 9.90. The van der Waals surface area contributed by atoms with Gasteiger partial charge in [-0.1, -0.05) is 38.3 Å². The van der Waals surface area contributed by atoms with Gasteiger partial charge in [-0.2, -0.15) is 0 Å². The van der Waals surface area contributed by atoms with E-state index in [0.717, 1.165) is 31.2 Å². The Labute approximate surface area is 114 Å². The maximum Gasteiger partial charge on any atom is 0.169 e. The van der Waals surface area contributed by atoms with Crippen LogP contribution < -0.4 is 0 Å². The van der Waals surface area contributed by atoms with Crippen molar-refractivity contribution in [2.24, 2.45) is 5.92 Å². The minimum absolute atomic E-state index is 0.00495. The normalized spacial score (nSPS) is 12.4. The third kappa shape index (κ3) is 3.49. The zero-order valence-electron chi connectivity index (χ0n) is 11.3. The van der Waals surface area contributed by atoms with E-state index in [4.69, 9.17) is 11.6 Å². The van der Waals surface area contributed by atoms with Gasteiger partial charge in [0.15, 0.2) is 5.78 Å². The molecule has 1 unspecified atom stereocenters. The fraction of sp³-hybridized carbons (Fsp3) is 0.533. The summed E-state index contributed by atoms with van der Waals surface area (Å²) in [6.07, 6.45) is 3.77. The Bertz CT molecular complexity index is 427. The average Bonchev–Trinajstić information content (AvgIpc) is 2.34. The van der Waals surface area contributed by atoms with Crippen molar-refractivity contribution < 1.29 is 9.90 Å². The molecule has 0 aliphatic heterocycles. The second kappa shape index (κ2) is 6.79. The summed E-state index contributed by atoms with van der Waals surface area (Å²) in [6, 6.07) is 3.14. The van der Waals surface area contributed by atoms with E-state index in [1.807, 2.05) is 13.8 Å². The topological polar surface area (TPSA) is 37.3 Å². The van der Waals surface area contributed by atoms with Gasteiger partial charge in [0.2, 0.25) is 0 Å². The van der Waals surface area contributed by atoms with E-state index in [0.29, 0.717) is 10.6 Å². The molecular weight excluding hydrogens is 248 g/mol. The molecule has 1 rings (SSSR count). The summed E-state index contributed by atoms with van der Waals surface area (Å²) in [5.41, 5.74) is 1.14. The summed E-state index contributed by atoms with van der Waals surface area (Å²) >= 11 is 6.02. The summed E-state index contributed by atoms with van der Waals surface area (Å²) in [5.74, 6) is 0.0248. The van der Waals surface area contributed by atoms with E-state index < -0.39 is 0 Å². The number of phenols is 1. The van der Waals surface area contributed by atoms with Gasteiger partial charge in [0.25, 0.3) is 0 Å². The molecule has 18 heavy (non-hydrogen) atoms. The van der Waals surface area contributed by atoms with Gasteiger partial charge in [-0.25, -0.2) is 0 Å². The summed E-state index contributed by atoms with van der Waals surface area (Å²) < 4.78 is 0. The Balaban J connectivity index is 2.98. The largest absolute Gasteiger partial charge is 0.507 e. The Morgan fingerprint density at radius 1 is 1.39 bits per heavy atom. The number of hydrogen-bond donors (Lipinski definition) is 1. The van der Waals surface area contributed by atoms with E-state index in [9.17, 15) is 9.90 Å². The van der Waals surface area contributed by atoms with Crippen LogP contribution in [0.2, 0.25) is 5.02 Å². The first kappa shape index (κ1) is 15.0. The minimum Gasteiger partial charge on any atom is -0.507 e. The Kier molecular flexibility index (Phi) is 5.67. The quantitative estimate of drug-likeness (QED) is 0.756. The van der Waals surface area contributed by atoms with Crippen LogP contribution in [0.15, 0.2) is 12.1 Å². The second-order valence-corrected chi connectivity index (χ2v) is 5.14. The van der Waals surface area contributed by atoms with Gasteiger partial charge in [-0.15, -0.1) is 0 Å². The van der Waals surface area contributed by atoms with Gasteiger partial charge in [0.05, 0.1) is 5.56 Å². The molecule has 0 saturated heterocycles. The molecule has 2 nitrogen and oxygen atoms in total. The molecule has 0 bridgehead atoms. The highest BCUT2D eigenvalue weighted by Gasteiger charge is 2.21. The van der Waals surface area contributed by atoms with Gasteiger partial charge < -0.3 is 5.11 Å². The molecule has 1 N–H and O–H groups in total. The number of aryl methyl sites for hydroxylation is 1. The van der Waals surface area contributed by atoms with E-state index >= 15 is 0 Å². The molecule has 0 radical (unpaired) electrons. The van der Waals surface area contributed by atoms with Gasteiger partial charge in [0.1, 0.15) is 5.75 Å². The molecule has 0 amide bonds. The van der Waals surface area contributed by atoms with E-state index in [-0.39, 0.29) is 17.5 Å². The molecule has 0 aromatic heterocycles. The number of aromatic hydroxyl groups is 1. The number of ketones is 1. The lowest BCUT2D eigenvalue weighted by molar-refractivity contribution is 0.0905. The smallest absolute Gasteiger partial charge is 0.169 e. The van der Waals surface area contributed by atoms with Crippen LogP contribution in [0.1, 0.15) is 55.5 Å². The van der Waals surface area contributed by atoms with Crippen LogP contribution in [0.3, 0.4) is 0 Å². The van der Waals surface area contributed by atoms with E-state index in [1.165, 1.54) is 0 Å². The standard InChI is InChI=1S/C15H21ClO2/c1-4-6-7-11(5-2)15(18)12-9-13(16)10(3)8-14(12)17/h8-9,11,17H,4-7H2,1-3H3. The summed E-state index contributed by atoms with van der Waals surface area (Å²) in [5, 5.41) is 10.4. The Morgan fingerprint density at radius 3 is 2.61 bits per heavy atom. The van der Waals surface area contributed by atoms with Crippen molar-refractivity contribution in [3.8, 4) is 5.75 Å². The number of benzene rings is 1. The molecule has 1 atom stereocenters. The second-order valence-electron chi connectivity index (χ2n) is 4.73. The van der Waals surface area contributed by atoms with Gasteiger partial charge in [-0.05, 0) is 37.5 Å². The highest BCUT2D eigenvalue weighted by molar-refractivity contribution is 6.31. The summed E-state index contributed by atoms with van der Waals surface area (Å²) in [4.78, 5) is 12.3. The van der Waals surface area contributed by atoms with Crippen LogP contribution >= 0.6 is 11.6 Å². The molecule has 0 aliphatic rings. The third-order valence-corrected chi connectivity index (χ3v) is 3.72. The fourth-order valence-corrected chi connectivity index (χ4v) is 2.22. The number of unbranched alkanes of at least 4 members (excludes halogenated alkanes) is 1. The lowest BCUT2D eigenvalue weighted by Crippen LogP contribution is -2.14. The Morgan fingerprint density at radius 2 is 2.06 bits per heavy atom. The first-order valence-corrected chi connectivity index (χ1v) is 6.92. The summed E-state index contributed by atoms with van der Waals surface area (Å²) in [6.45, 7) is 5.92. The highest BCUT2D eigenvalue weighted by atomic mass is 35.5. The van der Waals surface area contributed by atoms with Crippen molar-refractivity contribution in [2.75, 3.05) is 0 Å². The number of Topliss-reactive ketones (excluding diaryl/α,β-unsaturated/α-hetero) is 1. The number of hydrogen-bond acceptors (Lipinski definition) is 2. The van der Waals surface area contributed by atoms with Crippen LogP contribution in [0.5, 0.6) is 5.75 Å². The molecule has 0 saturated carbocycles. The van der Waals surface area contributed by atoms with E-state index in [1.54, 1.807) is 12.1 Å². The molecule has 3 heteroatoms. The number of halogens is 1. The SMILES string of the molecule is CCCCC(CC)C(=O)c1cc(Cl)c(C)cc1O. The molecule has 0 spiro atoms. The maximum atomic E-state index is 12.3. The van der Waals surface area contributed by atoms with Crippen molar-refractivity contribution in [1.82, 2.24) is 0 Å². The number of carbonyl (C=O) groups is 1. The predicted molar refractivity (Wildman–Crippen MR) is 75.5 cm³/mol. The fourth-order valence-electron chi connectivity index (χ4n) is 2.05. The van der Waals surface area contributed by atoms with Crippen LogP contribution in [0.4, 0.5) is 0 Å². The minimum atomic E-state index is -0.0189. The van der Waals surface area contributed by atoms with Crippen molar-refractivity contribution in [3.63, 3.8) is 0 Å². The summed E-state index contributed by atoms with van der Waals surface area (Å²) in [7, 11) is 0. The van der Waals surface area contributed by atoms with Crippen molar-refractivity contribution in [3.05, 3.63) is 28.3 Å². The molecule has 1 aromatic rings. The molecule has 1 aromatic carbocycles. The zero-order valence-corrected chi connectivity index (χ0v) is 12.0.